The second-order valence-electron chi connectivity index (χ2n) is 7.39. The minimum absolute atomic E-state index is 0.276. The van der Waals surface area contributed by atoms with Gasteiger partial charge in [0.25, 0.3) is 5.91 Å². The largest absolute Gasteiger partial charge is 0.467 e. The predicted molar refractivity (Wildman–Crippen MR) is 112 cm³/mol. The average molecular weight is 391 g/mol. The summed E-state index contributed by atoms with van der Waals surface area (Å²) in [6, 6.07) is 13.5. The molecule has 7 heteroatoms. The summed E-state index contributed by atoms with van der Waals surface area (Å²) in [6.07, 6.45) is 5.44. The van der Waals surface area contributed by atoms with E-state index in [-0.39, 0.29) is 5.91 Å². The van der Waals surface area contributed by atoms with Crippen LogP contribution in [0.15, 0.2) is 59.5 Å². The van der Waals surface area contributed by atoms with E-state index in [1.54, 1.807) is 24.5 Å². The summed E-state index contributed by atoms with van der Waals surface area (Å²) in [5, 5.41) is 6.02. The number of nitrogens with one attached hydrogen (secondary N) is 2. The van der Waals surface area contributed by atoms with Crippen LogP contribution in [0.1, 0.15) is 36.0 Å². The molecule has 0 spiro atoms. The van der Waals surface area contributed by atoms with Crippen LogP contribution in [0.5, 0.6) is 0 Å². The molecule has 1 amide bonds. The maximum absolute atomic E-state index is 12.3. The molecule has 4 rings (SSSR count). The van der Waals surface area contributed by atoms with Crippen molar-refractivity contribution in [2.45, 2.75) is 26.3 Å². The smallest absolute Gasteiger partial charge is 0.270 e. The zero-order valence-corrected chi connectivity index (χ0v) is 16.5. The molecule has 2 N–H and O–H groups in total. The number of piperidine rings is 1. The van der Waals surface area contributed by atoms with Gasteiger partial charge in [-0.3, -0.25) is 4.79 Å². The third-order valence-electron chi connectivity index (χ3n) is 5.19. The molecule has 1 aliphatic rings. The van der Waals surface area contributed by atoms with E-state index in [1.807, 2.05) is 12.1 Å². The number of rotatable bonds is 6. The molecule has 2 aromatic heterocycles. The van der Waals surface area contributed by atoms with E-state index in [2.05, 4.69) is 44.6 Å². The van der Waals surface area contributed by atoms with Crippen LogP contribution in [0.25, 0.3) is 0 Å². The normalized spacial score (nSPS) is 14.6. The molecule has 29 heavy (non-hydrogen) atoms. The minimum Gasteiger partial charge on any atom is -0.467 e. The van der Waals surface area contributed by atoms with Gasteiger partial charge in [-0.15, -0.1) is 0 Å². The fourth-order valence-electron chi connectivity index (χ4n) is 3.39. The molecule has 0 aliphatic carbocycles. The van der Waals surface area contributed by atoms with Crippen LogP contribution in [-0.2, 0) is 6.54 Å². The number of amides is 1. The molecule has 0 saturated carbocycles. The Morgan fingerprint density at radius 3 is 2.69 bits per heavy atom. The topological polar surface area (TPSA) is 83.3 Å². The Hall–Kier alpha value is -3.35. The van der Waals surface area contributed by atoms with E-state index in [4.69, 9.17) is 4.42 Å². The van der Waals surface area contributed by atoms with Crippen molar-refractivity contribution in [1.82, 2.24) is 15.3 Å². The van der Waals surface area contributed by atoms with Crippen LogP contribution in [0, 0.1) is 5.92 Å². The van der Waals surface area contributed by atoms with E-state index >= 15 is 0 Å². The van der Waals surface area contributed by atoms with Crippen molar-refractivity contribution in [1.29, 1.82) is 0 Å². The lowest BCUT2D eigenvalue weighted by molar-refractivity contribution is 0.0943. The Labute approximate surface area is 170 Å². The van der Waals surface area contributed by atoms with Crippen LogP contribution in [0.2, 0.25) is 0 Å². The first-order chi connectivity index (χ1) is 14.2. The van der Waals surface area contributed by atoms with Gasteiger partial charge in [-0.25, -0.2) is 9.97 Å². The van der Waals surface area contributed by atoms with Gasteiger partial charge in [0.15, 0.2) is 0 Å². The quantitative estimate of drug-likeness (QED) is 0.661. The highest BCUT2D eigenvalue weighted by molar-refractivity contribution is 5.92. The number of aromatic nitrogens is 2. The summed E-state index contributed by atoms with van der Waals surface area (Å²) >= 11 is 0. The maximum Gasteiger partial charge on any atom is 0.270 e. The van der Waals surface area contributed by atoms with Gasteiger partial charge in [0.2, 0.25) is 0 Å². The Morgan fingerprint density at radius 2 is 1.97 bits per heavy atom. The maximum atomic E-state index is 12.3. The van der Waals surface area contributed by atoms with Gasteiger partial charge < -0.3 is 20.0 Å². The molecule has 7 nitrogen and oxygen atoms in total. The van der Waals surface area contributed by atoms with Gasteiger partial charge >= 0.3 is 0 Å². The van der Waals surface area contributed by atoms with Crippen LogP contribution in [-0.4, -0.2) is 29.0 Å². The standard InChI is InChI=1S/C22H25N5O2/c1-16-8-10-27(11-9-16)18-6-4-17(5-7-18)26-21-13-20(24-15-25-21)22(28)23-14-19-3-2-12-29-19/h2-7,12-13,15-16H,8-11,14H2,1H3,(H,23,28)(H,24,25,26). The highest BCUT2D eigenvalue weighted by Crippen LogP contribution is 2.25. The number of nitrogens with zero attached hydrogens (tertiary/aromatic N) is 3. The highest BCUT2D eigenvalue weighted by Gasteiger charge is 2.16. The summed E-state index contributed by atoms with van der Waals surface area (Å²) < 4.78 is 5.22. The van der Waals surface area contributed by atoms with E-state index < -0.39 is 0 Å². The van der Waals surface area contributed by atoms with Crippen LogP contribution >= 0.6 is 0 Å². The number of carbonyl (C=O) groups is 1. The van der Waals surface area contributed by atoms with E-state index in [0.717, 1.165) is 24.7 Å². The summed E-state index contributed by atoms with van der Waals surface area (Å²) in [5.74, 6) is 1.80. The summed E-state index contributed by atoms with van der Waals surface area (Å²) in [5.41, 5.74) is 2.45. The molecule has 0 bridgehead atoms. The molecular formula is C22H25N5O2. The number of carbonyl (C=O) groups excluding carboxylic acids is 1. The van der Waals surface area contributed by atoms with Crippen molar-refractivity contribution in [2.24, 2.45) is 5.92 Å². The first-order valence-corrected chi connectivity index (χ1v) is 9.92. The lowest BCUT2D eigenvalue weighted by Gasteiger charge is -2.32. The summed E-state index contributed by atoms with van der Waals surface area (Å²) in [4.78, 5) is 23.0. The van der Waals surface area contributed by atoms with Crippen LogP contribution < -0.4 is 15.5 Å². The first-order valence-electron chi connectivity index (χ1n) is 9.92. The number of anilines is 3. The van der Waals surface area contributed by atoms with Gasteiger partial charge in [-0.05, 0) is 55.2 Å². The molecule has 3 heterocycles. The lowest BCUT2D eigenvalue weighted by Crippen LogP contribution is -2.32. The van der Waals surface area contributed by atoms with Gasteiger partial charge in [0, 0.05) is 30.5 Å². The molecule has 0 atom stereocenters. The first kappa shape index (κ1) is 19.0. The number of furan rings is 1. The SMILES string of the molecule is CC1CCN(c2ccc(Nc3cc(C(=O)NCc4ccco4)ncn3)cc2)CC1. The van der Waals surface area contributed by atoms with Gasteiger partial charge in [0.05, 0.1) is 12.8 Å². The second kappa shape index (κ2) is 8.77. The van der Waals surface area contributed by atoms with Crippen molar-refractivity contribution in [2.75, 3.05) is 23.3 Å². The lowest BCUT2D eigenvalue weighted by atomic mass is 9.99. The van der Waals surface area contributed by atoms with Gasteiger partial charge in [0.1, 0.15) is 23.6 Å². The summed E-state index contributed by atoms with van der Waals surface area (Å²) in [6.45, 7) is 4.85. The van der Waals surface area contributed by atoms with Gasteiger partial charge in [-0.1, -0.05) is 6.92 Å². The molecule has 1 fully saturated rings. The van der Waals surface area contributed by atoms with Crippen molar-refractivity contribution in [3.63, 3.8) is 0 Å². The summed E-state index contributed by atoms with van der Waals surface area (Å²) in [7, 11) is 0. The van der Waals surface area contributed by atoms with Gasteiger partial charge in [-0.2, -0.15) is 0 Å². The molecule has 1 aromatic carbocycles. The fraction of sp³-hybridized carbons (Fsp3) is 0.318. The molecule has 1 aliphatic heterocycles. The highest BCUT2D eigenvalue weighted by atomic mass is 16.3. The zero-order valence-electron chi connectivity index (χ0n) is 16.5. The van der Waals surface area contributed by atoms with Crippen molar-refractivity contribution >= 4 is 23.1 Å². The Balaban J connectivity index is 1.36. The Kier molecular flexibility index (Phi) is 5.74. The number of hydrogen-bond donors (Lipinski definition) is 2. The molecule has 0 radical (unpaired) electrons. The third-order valence-corrected chi connectivity index (χ3v) is 5.19. The average Bonchev–Trinajstić information content (AvgIpc) is 3.27. The monoisotopic (exact) mass is 391 g/mol. The molecule has 0 unspecified atom stereocenters. The molecule has 3 aromatic rings. The molecule has 1 saturated heterocycles. The van der Waals surface area contributed by atoms with Crippen molar-refractivity contribution in [3.05, 3.63) is 66.5 Å². The minimum atomic E-state index is -0.276. The molecular weight excluding hydrogens is 366 g/mol. The Bertz CT molecular complexity index is 932. The van der Waals surface area contributed by atoms with Crippen LogP contribution in [0.3, 0.4) is 0 Å². The predicted octanol–water partition coefficient (Wildman–Crippen LogP) is 3.98. The zero-order chi connectivity index (χ0) is 20.1. The third kappa shape index (κ3) is 4.93. The fourth-order valence-corrected chi connectivity index (χ4v) is 3.39. The van der Waals surface area contributed by atoms with Crippen molar-refractivity contribution in [3.8, 4) is 0 Å². The van der Waals surface area contributed by atoms with E-state index in [1.165, 1.54) is 24.9 Å². The van der Waals surface area contributed by atoms with E-state index in [0.29, 0.717) is 23.8 Å². The van der Waals surface area contributed by atoms with E-state index in [9.17, 15) is 4.79 Å². The van der Waals surface area contributed by atoms with Crippen molar-refractivity contribution < 1.29 is 9.21 Å². The Morgan fingerprint density at radius 1 is 1.17 bits per heavy atom. The number of hydrogen-bond acceptors (Lipinski definition) is 6. The van der Waals surface area contributed by atoms with Crippen LogP contribution in [0.4, 0.5) is 17.2 Å². The number of benzene rings is 1. The molecule has 150 valence electrons. The second-order valence-corrected chi connectivity index (χ2v) is 7.39.